The van der Waals surface area contributed by atoms with Crippen molar-refractivity contribution in [3.05, 3.63) is 33.9 Å². The number of carbonyl (C=O) groups excluding carboxylic acids is 1. The first-order valence-electron chi connectivity index (χ1n) is 5.95. The summed E-state index contributed by atoms with van der Waals surface area (Å²) in [4.78, 5) is 22.0. The molecular formula is C11H16N4O5S. The minimum atomic E-state index is -3.09. The molecule has 116 valence electrons. The van der Waals surface area contributed by atoms with Gasteiger partial charge in [-0.15, -0.1) is 0 Å². The second-order valence-corrected chi connectivity index (χ2v) is 6.63. The predicted molar refractivity (Wildman–Crippen MR) is 77.6 cm³/mol. The van der Waals surface area contributed by atoms with Gasteiger partial charge in [-0.3, -0.25) is 20.8 Å². The molecule has 0 aromatic heterocycles. The lowest BCUT2D eigenvalue weighted by molar-refractivity contribution is -0.384. The first-order valence-corrected chi connectivity index (χ1v) is 8.01. The highest BCUT2D eigenvalue weighted by Gasteiger charge is 2.16. The third-order valence-electron chi connectivity index (χ3n) is 2.59. The predicted octanol–water partition coefficient (Wildman–Crippen LogP) is 0.0449. The number of nitro groups is 1. The highest BCUT2D eigenvalue weighted by atomic mass is 32.2. The van der Waals surface area contributed by atoms with Crippen molar-refractivity contribution in [3.63, 3.8) is 0 Å². The lowest BCUT2D eigenvalue weighted by Gasteiger charge is -2.09. The van der Waals surface area contributed by atoms with Gasteiger partial charge in [0.2, 0.25) is 0 Å². The van der Waals surface area contributed by atoms with Crippen LogP contribution in [0.4, 0.5) is 11.4 Å². The molecule has 1 aromatic carbocycles. The number of hydrogen-bond donors (Lipinski definition) is 3. The van der Waals surface area contributed by atoms with E-state index in [1.807, 2.05) is 0 Å². The van der Waals surface area contributed by atoms with Crippen molar-refractivity contribution in [1.29, 1.82) is 0 Å². The summed E-state index contributed by atoms with van der Waals surface area (Å²) in [6, 6.07) is 3.64. The SMILES string of the molecule is CS(=O)(=O)CCCNC(=O)c1cc([N+](=O)[O-])ccc1NN. The van der Waals surface area contributed by atoms with Crippen molar-refractivity contribution in [2.24, 2.45) is 5.84 Å². The normalized spacial score (nSPS) is 11.0. The molecule has 0 radical (unpaired) electrons. The average Bonchev–Trinajstić information content (AvgIpc) is 2.41. The van der Waals surface area contributed by atoms with Crippen LogP contribution in [0, 0.1) is 10.1 Å². The zero-order valence-electron chi connectivity index (χ0n) is 11.3. The largest absolute Gasteiger partial charge is 0.352 e. The molecule has 0 saturated carbocycles. The number of sulfone groups is 1. The first kappa shape index (κ1) is 16.9. The standard InChI is InChI=1S/C11H16N4O5S/c1-21(19,20)6-2-5-13-11(16)9-7-8(15(17)18)3-4-10(9)14-12/h3-4,7,14H,2,5-6,12H2,1H3,(H,13,16). The summed E-state index contributed by atoms with van der Waals surface area (Å²) in [5.41, 5.74) is 2.29. The molecule has 9 nitrogen and oxygen atoms in total. The number of non-ortho nitro benzene ring substituents is 1. The Morgan fingerprint density at radius 1 is 1.43 bits per heavy atom. The zero-order valence-corrected chi connectivity index (χ0v) is 12.1. The van der Waals surface area contributed by atoms with Crippen LogP contribution in [0.3, 0.4) is 0 Å². The van der Waals surface area contributed by atoms with Gasteiger partial charge in [-0.25, -0.2) is 8.42 Å². The molecule has 10 heteroatoms. The van der Waals surface area contributed by atoms with E-state index in [-0.39, 0.29) is 35.7 Å². The zero-order chi connectivity index (χ0) is 16.0. The Kier molecular flexibility index (Phi) is 5.61. The Labute approximate surface area is 121 Å². The van der Waals surface area contributed by atoms with Gasteiger partial charge in [0.15, 0.2) is 0 Å². The number of benzene rings is 1. The van der Waals surface area contributed by atoms with E-state index < -0.39 is 20.7 Å². The van der Waals surface area contributed by atoms with E-state index in [0.717, 1.165) is 12.3 Å². The number of hydrazine groups is 1. The third kappa shape index (κ3) is 5.36. The van der Waals surface area contributed by atoms with E-state index in [4.69, 9.17) is 5.84 Å². The summed E-state index contributed by atoms with van der Waals surface area (Å²) < 4.78 is 21.9. The molecule has 0 aliphatic carbocycles. The lowest BCUT2D eigenvalue weighted by atomic mass is 10.1. The van der Waals surface area contributed by atoms with Gasteiger partial charge in [0.25, 0.3) is 11.6 Å². The fraction of sp³-hybridized carbons (Fsp3) is 0.364. The van der Waals surface area contributed by atoms with Gasteiger partial charge < -0.3 is 10.7 Å². The molecular weight excluding hydrogens is 300 g/mol. The molecule has 1 rings (SSSR count). The van der Waals surface area contributed by atoms with Crippen molar-refractivity contribution in [1.82, 2.24) is 5.32 Å². The van der Waals surface area contributed by atoms with Crippen LogP contribution >= 0.6 is 0 Å². The maximum atomic E-state index is 11.9. The Bertz CT molecular complexity index is 644. The molecule has 0 unspecified atom stereocenters. The van der Waals surface area contributed by atoms with Crippen LogP contribution in [0.2, 0.25) is 0 Å². The Morgan fingerprint density at radius 2 is 2.10 bits per heavy atom. The van der Waals surface area contributed by atoms with Crippen LogP contribution in [0.5, 0.6) is 0 Å². The third-order valence-corrected chi connectivity index (χ3v) is 3.62. The van der Waals surface area contributed by atoms with Crippen molar-refractivity contribution in [2.45, 2.75) is 6.42 Å². The van der Waals surface area contributed by atoms with E-state index >= 15 is 0 Å². The number of anilines is 1. The summed E-state index contributed by atoms with van der Waals surface area (Å²) in [6.07, 6.45) is 1.36. The number of rotatable bonds is 7. The molecule has 0 atom stereocenters. The fourth-order valence-electron chi connectivity index (χ4n) is 1.59. The number of carbonyl (C=O) groups is 1. The van der Waals surface area contributed by atoms with Gasteiger partial charge in [0.05, 0.1) is 21.9 Å². The summed E-state index contributed by atoms with van der Waals surface area (Å²) in [6.45, 7) is 0.138. The van der Waals surface area contributed by atoms with Crippen molar-refractivity contribution in [2.75, 3.05) is 24.0 Å². The number of nitrogen functional groups attached to an aromatic ring is 1. The molecule has 0 bridgehead atoms. The van der Waals surface area contributed by atoms with Crippen LogP contribution in [0.1, 0.15) is 16.8 Å². The molecule has 0 saturated heterocycles. The van der Waals surface area contributed by atoms with E-state index in [9.17, 15) is 23.3 Å². The monoisotopic (exact) mass is 316 g/mol. The summed E-state index contributed by atoms with van der Waals surface area (Å²) >= 11 is 0. The number of nitrogens with zero attached hydrogens (tertiary/aromatic N) is 1. The summed E-state index contributed by atoms with van der Waals surface area (Å²) in [7, 11) is -3.09. The lowest BCUT2D eigenvalue weighted by Crippen LogP contribution is -2.27. The topological polar surface area (TPSA) is 144 Å². The van der Waals surface area contributed by atoms with Crippen LogP contribution in [0.15, 0.2) is 18.2 Å². The Morgan fingerprint density at radius 3 is 2.62 bits per heavy atom. The second-order valence-electron chi connectivity index (χ2n) is 4.37. The van der Waals surface area contributed by atoms with Crippen molar-refractivity contribution >= 4 is 27.1 Å². The van der Waals surface area contributed by atoms with Crippen molar-refractivity contribution < 1.29 is 18.1 Å². The minimum absolute atomic E-state index is 0.0195. The highest BCUT2D eigenvalue weighted by molar-refractivity contribution is 7.90. The quantitative estimate of drug-likeness (QED) is 0.279. The van der Waals surface area contributed by atoms with E-state index in [1.54, 1.807) is 0 Å². The molecule has 1 amide bonds. The smallest absolute Gasteiger partial charge is 0.270 e. The number of nitrogens with two attached hydrogens (primary N) is 1. The van der Waals surface area contributed by atoms with Gasteiger partial charge in [0.1, 0.15) is 9.84 Å². The van der Waals surface area contributed by atoms with Gasteiger partial charge >= 0.3 is 0 Å². The maximum Gasteiger partial charge on any atom is 0.270 e. The molecule has 0 aliphatic rings. The fourth-order valence-corrected chi connectivity index (χ4v) is 2.26. The van der Waals surface area contributed by atoms with Crippen LogP contribution in [-0.2, 0) is 9.84 Å². The molecule has 0 heterocycles. The molecule has 0 fully saturated rings. The van der Waals surface area contributed by atoms with E-state index in [2.05, 4.69) is 10.7 Å². The van der Waals surface area contributed by atoms with Crippen LogP contribution in [0.25, 0.3) is 0 Å². The molecule has 4 N–H and O–H groups in total. The van der Waals surface area contributed by atoms with E-state index in [0.29, 0.717) is 0 Å². The van der Waals surface area contributed by atoms with Gasteiger partial charge in [-0.05, 0) is 12.5 Å². The maximum absolute atomic E-state index is 11.9. The highest BCUT2D eigenvalue weighted by Crippen LogP contribution is 2.21. The first-order chi connectivity index (χ1) is 9.74. The van der Waals surface area contributed by atoms with Gasteiger partial charge in [0, 0.05) is 24.9 Å². The number of nitrogens with one attached hydrogen (secondary N) is 2. The van der Waals surface area contributed by atoms with Crippen LogP contribution < -0.4 is 16.6 Å². The summed E-state index contributed by atoms with van der Waals surface area (Å²) in [5, 5.41) is 13.2. The van der Waals surface area contributed by atoms with Crippen LogP contribution in [-0.4, -0.2) is 37.8 Å². The molecule has 0 spiro atoms. The van der Waals surface area contributed by atoms with Gasteiger partial charge in [-0.1, -0.05) is 0 Å². The Balaban J connectivity index is 2.76. The second kappa shape index (κ2) is 6.99. The van der Waals surface area contributed by atoms with Crippen molar-refractivity contribution in [3.8, 4) is 0 Å². The Hall–Kier alpha value is -2.20. The number of hydrogen-bond acceptors (Lipinski definition) is 7. The molecule has 21 heavy (non-hydrogen) atoms. The van der Waals surface area contributed by atoms with E-state index in [1.165, 1.54) is 12.1 Å². The minimum Gasteiger partial charge on any atom is -0.352 e. The number of amides is 1. The molecule has 0 aliphatic heterocycles. The molecule has 1 aromatic rings. The average molecular weight is 316 g/mol. The number of nitro benzene ring substituents is 1. The summed E-state index contributed by atoms with van der Waals surface area (Å²) in [5.74, 6) is 4.63. The van der Waals surface area contributed by atoms with Gasteiger partial charge in [-0.2, -0.15) is 0 Å².